The number of hydrogen-bond acceptors (Lipinski definition) is 3. The average molecular weight is 260 g/mol. The Kier molecular flexibility index (Phi) is 4.50. The summed E-state index contributed by atoms with van der Waals surface area (Å²) in [7, 11) is 0. The fourth-order valence-corrected chi connectivity index (χ4v) is 2.98. The molecule has 18 heavy (non-hydrogen) atoms. The van der Waals surface area contributed by atoms with E-state index in [2.05, 4.69) is 47.9 Å². The molecule has 2 aromatic rings. The van der Waals surface area contributed by atoms with Crippen LogP contribution in [0.2, 0.25) is 0 Å². The minimum atomic E-state index is 0.267. The maximum atomic E-state index is 4.32. The van der Waals surface area contributed by atoms with Crippen LogP contribution in [0, 0.1) is 13.8 Å². The van der Waals surface area contributed by atoms with Gasteiger partial charge in [0.2, 0.25) is 0 Å². The van der Waals surface area contributed by atoms with Gasteiger partial charge in [0, 0.05) is 12.4 Å². The molecule has 1 unspecified atom stereocenters. The van der Waals surface area contributed by atoms with E-state index < -0.39 is 0 Å². The first-order valence-electron chi connectivity index (χ1n) is 6.40. The Morgan fingerprint density at radius 3 is 2.72 bits per heavy atom. The van der Waals surface area contributed by atoms with Crippen molar-refractivity contribution >= 4 is 11.3 Å². The number of hydrogen-bond donors (Lipinski definition) is 1. The number of nitrogens with zero attached hydrogens (tertiary/aromatic N) is 1. The van der Waals surface area contributed by atoms with E-state index in [-0.39, 0.29) is 6.04 Å². The fourth-order valence-electron chi connectivity index (χ4n) is 2.10. The van der Waals surface area contributed by atoms with Crippen LogP contribution in [0.4, 0.5) is 0 Å². The van der Waals surface area contributed by atoms with E-state index in [1.807, 2.05) is 12.4 Å². The second kappa shape index (κ2) is 6.12. The highest BCUT2D eigenvalue weighted by Crippen LogP contribution is 2.27. The number of aryl methyl sites for hydroxylation is 2. The minimum Gasteiger partial charge on any atom is -0.306 e. The quantitative estimate of drug-likeness (QED) is 0.883. The second-order valence-corrected chi connectivity index (χ2v) is 5.44. The zero-order valence-electron chi connectivity index (χ0n) is 11.2. The molecule has 3 heteroatoms. The molecule has 1 N–H and O–H groups in total. The van der Waals surface area contributed by atoms with Gasteiger partial charge in [-0.25, -0.2) is 0 Å². The van der Waals surface area contributed by atoms with Crippen LogP contribution in [0.5, 0.6) is 0 Å². The van der Waals surface area contributed by atoms with Gasteiger partial charge in [-0.1, -0.05) is 13.0 Å². The van der Waals surface area contributed by atoms with Gasteiger partial charge in [-0.2, -0.15) is 11.3 Å². The molecule has 0 amide bonds. The normalized spacial score (nSPS) is 12.6. The highest BCUT2D eigenvalue weighted by Gasteiger charge is 2.16. The maximum Gasteiger partial charge on any atom is 0.0602 e. The summed E-state index contributed by atoms with van der Waals surface area (Å²) >= 11 is 1.77. The highest BCUT2D eigenvalue weighted by atomic mass is 32.1. The van der Waals surface area contributed by atoms with Gasteiger partial charge in [0.05, 0.1) is 6.04 Å². The fraction of sp³-hybridized carbons (Fsp3) is 0.400. The van der Waals surface area contributed by atoms with Gasteiger partial charge in [0.1, 0.15) is 0 Å². The van der Waals surface area contributed by atoms with E-state index in [1.165, 1.54) is 22.3 Å². The van der Waals surface area contributed by atoms with Gasteiger partial charge < -0.3 is 5.32 Å². The van der Waals surface area contributed by atoms with Crippen molar-refractivity contribution in [1.29, 1.82) is 0 Å². The molecule has 0 aliphatic heterocycles. The van der Waals surface area contributed by atoms with Gasteiger partial charge in [-0.05, 0) is 59.8 Å². The largest absolute Gasteiger partial charge is 0.306 e. The molecule has 0 bridgehead atoms. The van der Waals surface area contributed by atoms with Crippen LogP contribution < -0.4 is 5.32 Å². The van der Waals surface area contributed by atoms with Crippen LogP contribution in [0.3, 0.4) is 0 Å². The number of pyridine rings is 1. The minimum absolute atomic E-state index is 0.267. The summed E-state index contributed by atoms with van der Waals surface area (Å²) in [5.41, 5.74) is 5.20. The highest BCUT2D eigenvalue weighted by molar-refractivity contribution is 7.08. The second-order valence-electron chi connectivity index (χ2n) is 4.69. The van der Waals surface area contributed by atoms with Crippen LogP contribution in [-0.4, -0.2) is 11.5 Å². The van der Waals surface area contributed by atoms with E-state index in [0.717, 1.165) is 13.0 Å². The molecule has 1 atom stereocenters. The summed E-state index contributed by atoms with van der Waals surface area (Å²) in [6.07, 6.45) is 5.01. The van der Waals surface area contributed by atoms with Gasteiger partial charge in [0.25, 0.3) is 0 Å². The Labute approximate surface area is 113 Å². The summed E-state index contributed by atoms with van der Waals surface area (Å²) < 4.78 is 0. The third-order valence-corrected chi connectivity index (χ3v) is 3.91. The van der Waals surface area contributed by atoms with Crippen molar-refractivity contribution in [2.24, 2.45) is 0 Å². The number of nitrogens with one attached hydrogen (secondary N) is 1. The lowest BCUT2D eigenvalue weighted by atomic mass is 9.99. The first-order valence-corrected chi connectivity index (χ1v) is 7.34. The van der Waals surface area contributed by atoms with Crippen molar-refractivity contribution in [2.75, 3.05) is 6.54 Å². The Hall–Kier alpha value is -1.19. The number of aromatic nitrogens is 1. The molecular formula is C15H20N2S. The van der Waals surface area contributed by atoms with Crippen molar-refractivity contribution in [3.8, 4) is 0 Å². The molecule has 0 aliphatic rings. The van der Waals surface area contributed by atoms with Crippen molar-refractivity contribution < 1.29 is 0 Å². The van der Waals surface area contributed by atoms with E-state index >= 15 is 0 Å². The molecule has 0 fully saturated rings. The van der Waals surface area contributed by atoms with Crippen molar-refractivity contribution in [3.05, 3.63) is 51.5 Å². The molecule has 0 radical (unpaired) electrons. The van der Waals surface area contributed by atoms with Crippen LogP contribution in [-0.2, 0) is 0 Å². The smallest absolute Gasteiger partial charge is 0.0602 e. The number of thiophene rings is 1. The van der Waals surface area contributed by atoms with E-state index in [9.17, 15) is 0 Å². The molecule has 2 aromatic heterocycles. The lowest BCUT2D eigenvalue weighted by molar-refractivity contribution is 0.596. The van der Waals surface area contributed by atoms with Crippen LogP contribution in [0.25, 0.3) is 0 Å². The van der Waals surface area contributed by atoms with Crippen molar-refractivity contribution in [1.82, 2.24) is 10.3 Å². The lowest BCUT2D eigenvalue weighted by Crippen LogP contribution is -2.23. The Balaban J connectivity index is 2.33. The predicted octanol–water partition coefficient (Wildman–Crippen LogP) is 3.85. The molecule has 0 saturated heterocycles. The summed E-state index contributed by atoms with van der Waals surface area (Å²) in [4.78, 5) is 4.32. The Morgan fingerprint density at radius 1 is 1.28 bits per heavy atom. The zero-order valence-corrected chi connectivity index (χ0v) is 12.1. The summed E-state index contributed by atoms with van der Waals surface area (Å²) in [5.74, 6) is 0. The van der Waals surface area contributed by atoms with E-state index in [4.69, 9.17) is 0 Å². The molecule has 2 nitrogen and oxygen atoms in total. The first kappa shape index (κ1) is 13.2. The summed E-state index contributed by atoms with van der Waals surface area (Å²) in [5, 5.41) is 8.07. The van der Waals surface area contributed by atoms with Crippen LogP contribution >= 0.6 is 11.3 Å². The Morgan fingerprint density at radius 2 is 2.11 bits per heavy atom. The molecule has 0 spiro atoms. The summed E-state index contributed by atoms with van der Waals surface area (Å²) in [6, 6.07) is 2.49. The molecule has 2 heterocycles. The SMILES string of the molecule is CCCNC(c1cncc(C)c1)c1cscc1C. The standard InChI is InChI=1S/C15H20N2S/c1-4-5-17-15(14-10-18-9-12(14)3)13-6-11(2)7-16-8-13/h6-10,15,17H,4-5H2,1-3H3. The lowest BCUT2D eigenvalue weighted by Gasteiger charge is -2.19. The molecule has 0 aromatic carbocycles. The monoisotopic (exact) mass is 260 g/mol. The third kappa shape index (κ3) is 2.98. The predicted molar refractivity (Wildman–Crippen MR) is 78.2 cm³/mol. The van der Waals surface area contributed by atoms with E-state index in [1.54, 1.807) is 11.3 Å². The molecule has 0 aliphatic carbocycles. The van der Waals surface area contributed by atoms with Gasteiger partial charge in [0.15, 0.2) is 0 Å². The molecular weight excluding hydrogens is 240 g/mol. The molecule has 2 rings (SSSR count). The first-order chi connectivity index (χ1) is 8.72. The topological polar surface area (TPSA) is 24.9 Å². The summed E-state index contributed by atoms with van der Waals surface area (Å²) in [6.45, 7) is 7.48. The maximum absolute atomic E-state index is 4.32. The van der Waals surface area contributed by atoms with Gasteiger partial charge in [-0.15, -0.1) is 0 Å². The van der Waals surface area contributed by atoms with Gasteiger partial charge >= 0.3 is 0 Å². The average Bonchev–Trinajstić information content (AvgIpc) is 2.77. The number of rotatable bonds is 5. The molecule has 0 saturated carbocycles. The van der Waals surface area contributed by atoms with Crippen molar-refractivity contribution in [3.63, 3.8) is 0 Å². The third-order valence-electron chi connectivity index (χ3n) is 3.03. The van der Waals surface area contributed by atoms with Crippen molar-refractivity contribution in [2.45, 2.75) is 33.2 Å². The van der Waals surface area contributed by atoms with Crippen LogP contribution in [0.15, 0.2) is 29.2 Å². The molecule has 96 valence electrons. The Bertz CT molecular complexity index is 505. The zero-order chi connectivity index (χ0) is 13.0. The van der Waals surface area contributed by atoms with Crippen LogP contribution in [0.1, 0.15) is 41.6 Å². The van der Waals surface area contributed by atoms with E-state index in [0.29, 0.717) is 0 Å². The van der Waals surface area contributed by atoms with Gasteiger partial charge in [-0.3, -0.25) is 4.98 Å².